The molecule has 0 spiro atoms. The lowest BCUT2D eigenvalue weighted by Gasteiger charge is -2.06. The third-order valence-corrected chi connectivity index (χ3v) is 4.72. The Morgan fingerprint density at radius 1 is 1.00 bits per heavy atom. The van der Waals surface area contributed by atoms with Gasteiger partial charge in [0.1, 0.15) is 17.1 Å². The van der Waals surface area contributed by atoms with Crippen LogP contribution in [0.15, 0.2) is 54.6 Å². The first kappa shape index (κ1) is 15.6. The average molecular weight is 334 g/mol. The number of hydrogen-bond donors (Lipinski definition) is 0. The van der Waals surface area contributed by atoms with Gasteiger partial charge in [0.05, 0.1) is 7.11 Å². The van der Waals surface area contributed by atoms with Crippen molar-refractivity contribution in [1.82, 2.24) is 9.78 Å². The van der Waals surface area contributed by atoms with Crippen molar-refractivity contribution >= 4 is 21.7 Å². The summed E-state index contributed by atoms with van der Waals surface area (Å²) in [6.45, 7) is 2.83. The van der Waals surface area contributed by atoms with Crippen LogP contribution in [-0.4, -0.2) is 16.9 Å². The fraction of sp³-hybridized carbons (Fsp3) is 0.190. The maximum atomic E-state index is 13.0. The molecule has 1 aromatic heterocycles. The minimum Gasteiger partial charge on any atom is -0.496 e. The molecule has 0 radical (unpaired) electrons. The van der Waals surface area contributed by atoms with Crippen LogP contribution >= 0.6 is 0 Å². The molecule has 0 aliphatic carbocycles. The van der Waals surface area contributed by atoms with E-state index in [9.17, 15) is 4.39 Å². The highest BCUT2D eigenvalue weighted by molar-refractivity contribution is 6.09. The molecular weight excluding hydrogens is 315 g/mol. The number of methoxy groups -OCH3 is 1. The van der Waals surface area contributed by atoms with Gasteiger partial charge in [0.2, 0.25) is 0 Å². The Morgan fingerprint density at radius 3 is 2.44 bits per heavy atom. The van der Waals surface area contributed by atoms with Gasteiger partial charge in [-0.05, 0) is 37.1 Å². The molecule has 0 bridgehead atoms. The maximum Gasteiger partial charge on any atom is 0.127 e. The van der Waals surface area contributed by atoms with Crippen molar-refractivity contribution in [1.29, 1.82) is 0 Å². The van der Waals surface area contributed by atoms with Gasteiger partial charge in [-0.25, -0.2) is 4.39 Å². The van der Waals surface area contributed by atoms with E-state index in [0.717, 1.165) is 51.6 Å². The maximum absolute atomic E-state index is 13.0. The quantitative estimate of drug-likeness (QED) is 0.531. The molecule has 126 valence electrons. The lowest BCUT2D eigenvalue weighted by molar-refractivity contribution is 0.420. The summed E-state index contributed by atoms with van der Waals surface area (Å²) in [5.74, 6) is 0.660. The van der Waals surface area contributed by atoms with Crippen LogP contribution in [0.1, 0.15) is 11.3 Å². The molecule has 4 heteroatoms. The molecule has 0 N–H and O–H groups in total. The Hall–Kier alpha value is -2.88. The second-order valence-electron chi connectivity index (χ2n) is 6.21. The molecule has 0 aliphatic heterocycles. The number of aromatic nitrogens is 2. The van der Waals surface area contributed by atoms with E-state index in [1.54, 1.807) is 7.11 Å². The number of benzene rings is 3. The minimum atomic E-state index is -0.205. The molecule has 3 nitrogen and oxygen atoms in total. The summed E-state index contributed by atoms with van der Waals surface area (Å²) >= 11 is 0. The van der Waals surface area contributed by atoms with Crippen LogP contribution in [0.4, 0.5) is 4.39 Å². The van der Waals surface area contributed by atoms with E-state index in [1.807, 2.05) is 28.9 Å². The van der Waals surface area contributed by atoms with Gasteiger partial charge in [-0.3, -0.25) is 4.68 Å². The van der Waals surface area contributed by atoms with E-state index >= 15 is 0 Å². The van der Waals surface area contributed by atoms with Crippen molar-refractivity contribution in [3.05, 3.63) is 71.7 Å². The number of rotatable bonds is 4. The highest BCUT2D eigenvalue weighted by Gasteiger charge is 2.14. The van der Waals surface area contributed by atoms with E-state index in [0.29, 0.717) is 0 Å². The molecule has 4 rings (SSSR count). The fourth-order valence-corrected chi connectivity index (χ4v) is 3.32. The predicted molar refractivity (Wildman–Crippen MR) is 98.6 cm³/mol. The zero-order valence-electron chi connectivity index (χ0n) is 14.3. The topological polar surface area (TPSA) is 27.1 Å². The van der Waals surface area contributed by atoms with Crippen molar-refractivity contribution in [2.24, 2.45) is 0 Å². The molecule has 0 saturated carbocycles. The zero-order valence-corrected chi connectivity index (χ0v) is 14.3. The SMILES string of the molecule is COc1cc2c(C)n(CCc3ccc(F)cc3)nc2c2ccccc12. The lowest BCUT2D eigenvalue weighted by Crippen LogP contribution is -2.05. The van der Waals surface area contributed by atoms with Crippen LogP contribution in [0.5, 0.6) is 5.75 Å². The second kappa shape index (κ2) is 6.20. The molecule has 1 heterocycles. The normalized spacial score (nSPS) is 11.3. The van der Waals surface area contributed by atoms with Crippen LogP contribution in [0.2, 0.25) is 0 Å². The molecule has 0 aliphatic rings. The Bertz CT molecular complexity index is 1050. The monoisotopic (exact) mass is 334 g/mol. The fourth-order valence-electron chi connectivity index (χ4n) is 3.32. The van der Waals surface area contributed by atoms with Crippen molar-refractivity contribution in [2.45, 2.75) is 19.9 Å². The molecule has 0 fully saturated rings. The van der Waals surface area contributed by atoms with Crippen LogP contribution in [0, 0.1) is 12.7 Å². The van der Waals surface area contributed by atoms with E-state index in [4.69, 9.17) is 9.84 Å². The van der Waals surface area contributed by atoms with Crippen LogP contribution in [0.3, 0.4) is 0 Å². The standard InChI is InChI=1S/C21H19FN2O/c1-14-19-13-20(25-2)17-5-3-4-6-18(17)21(19)23-24(14)12-11-15-7-9-16(22)10-8-15/h3-10,13H,11-12H2,1-2H3. The minimum absolute atomic E-state index is 0.205. The highest BCUT2D eigenvalue weighted by atomic mass is 19.1. The van der Waals surface area contributed by atoms with Gasteiger partial charge in [-0.2, -0.15) is 5.10 Å². The smallest absolute Gasteiger partial charge is 0.127 e. The van der Waals surface area contributed by atoms with Crippen molar-refractivity contribution in [3.63, 3.8) is 0 Å². The van der Waals surface area contributed by atoms with E-state index in [-0.39, 0.29) is 5.82 Å². The van der Waals surface area contributed by atoms with Gasteiger partial charge in [0.15, 0.2) is 0 Å². The molecule has 0 saturated heterocycles. The van der Waals surface area contributed by atoms with Gasteiger partial charge in [0, 0.05) is 28.4 Å². The Morgan fingerprint density at radius 2 is 1.72 bits per heavy atom. The Balaban J connectivity index is 1.76. The number of nitrogens with zero attached hydrogens (tertiary/aromatic N) is 2. The highest BCUT2D eigenvalue weighted by Crippen LogP contribution is 2.34. The first-order chi connectivity index (χ1) is 12.2. The number of ether oxygens (including phenoxy) is 1. The van der Waals surface area contributed by atoms with Crippen molar-refractivity contribution < 1.29 is 9.13 Å². The van der Waals surface area contributed by atoms with Crippen LogP contribution < -0.4 is 4.74 Å². The Kier molecular flexibility index (Phi) is 3.88. The van der Waals surface area contributed by atoms with Gasteiger partial charge in [-0.1, -0.05) is 36.4 Å². The van der Waals surface area contributed by atoms with Crippen molar-refractivity contribution in [3.8, 4) is 5.75 Å². The third-order valence-electron chi connectivity index (χ3n) is 4.72. The number of fused-ring (bicyclic) bond motifs is 3. The summed E-state index contributed by atoms with van der Waals surface area (Å²) in [4.78, 5) is 0. The lowest BCUT2D eigenvalue weighted by atomic mass is 10.1. The molecule has 0 amide bonds. The number of hydrogen-bond acceptors (Lipinski definition) is 2. The van der Waals surface area contributed by atoms with Gasteiger partial charge < -0.3 is 4.74 Å². The van der Waals surface area contributed by atoms with Gasteiger partial charge in [-0.15, -0.1) is 0 Å². The summed E-state index contributed by atoms with van der Waals surface area (Å²) in [6.07, 6.45) is 0.810. The summed E-state index contributed by atoms with van der Waals surface area (Å²) in [5.41, 5.74) is 3.21. The molecule has 0 atom stereocenters. The van der Waals surface area contributed by atoms with Crippen LogP contribution in [0.25, 0.3) is 21.7 Å². The second-order valence-corrected chi connectivity index (χ2v) is 6.21. The van der Waals surface area contributed by atoms with E-state index in [1.165, 1.54) is 12.1 Å². The number of halogens is 1. The largest absolute Gasteiger partial charge is 0.496 e. The molecule has 4 aromatic rings. The summed E-state index contributed by atoms with van der Waals surface area (Å²) < 4.78 is 20.6. The van der Waals surface area contributed by atoms with Gasteiger partial charge >= 0.3 is 0 Å². The van der Waals surface area contributed by atoms with E-state index < -0.39 is 0 Å². The average Bonchev–Trinajstić information content (AvgIpc) is 2.97. The summed E-state index contributed by atoms with van der Waals surface area (Å²) in [5, 5.41) is 8.11. The third kappa shape index (κ3) is 2.74. The summed E-state index contributed by atoms with van der Waals surface area (Å²) in [6, 6.07) is 16.9. The predicted octanol–water partition coefficient (Wildman–Crippen LogP) is 4.89. The zero-order chi connectivity index (χ0) is 17.4. The number of aryl methyl sites for hydroxylation is 3. The van der Waals surface area contributed by atoms with Crippen LogP contribution in [-0.2, 0) is 13.0 Å². The molecule has 25 heavy (non-hydrogen) atoms. The first-order valence-electron chi connectivity index (χ1n) is 8.34. The summed E-state index contributed by atoms with van der Waals surface area (Å²) in [7, 11) is 1.70. The molecule has 0 unspecified atom stereocenters. The van der Waals surface area contributed by atoms with Gasteiger partial charge in [0.25, 0.3) is 0 Å². The first-order valence-corrected chi connectivity index (χ1v) is 8.34. The van der Waals surface area contributed by atoms with E-state index in [2.05, 4.69) is 25.1 Å². The van der Waals surface area contributed by atoms with Crippen molar-refractivity contribution in [2.75, 3.05) is 7.11 Å². The Labute approximate surface area is 145 Å². The molecule has 3 aromatic carbocycles. The molecular formula is C21H19FN2O.